The van der Waals surface area contributed by atoms with Crippen LogP contribution in [-0.4, -0.2) is 0 Å². The Morgan fingerprint density at radius 1 is 1.00 bits per heavy atom. The van der Waals surface area contributed by atoms with Crippen LogP contribution in [0.25, 0.3) is 11.3 Å². The van der Waals surface area contributed by atoms with E-state index in [2.05, 4.69) is 0 Å². The van der Waals surface area contributed by atoms with E-state index >= 15 is 0 Å². The van der Waals surface area contributed by atoms with E-state index < -0.39 is 13.7 Å². The first kappa shape index (κ1) is 6.34. The maximum Gasteiger partial charge on any atom is 0.212 e. The lowest BCUT2D eigenvalue weighted by Crippen LogP contribution is -2.31. The first-order valence-electron chi connectivity index (χ1n) is 8.54. The fourth-order valence-corrected chi connectivity index (χ4v) is 1.99. The Kier molecular flexibility index (Phi) is 1.61. The highest BCUT2D eigenvalue weighted by molar-refractivity contribution is 5.63. The van der Waals surface area contributed by atoms with Crippen LogP contribution in [0.2, 0.25) is 0 Å². The van der Waals surface area contributed by atoms with Gasteiger partial charge < -0.3 is 0 Å². The molecule has 0 aliphatic carbocycles. The Bertz CT molecular complexity index is 743. The van der Waals surface area contributed by atoms with Gasteiger partial charge in [-0.2, -0.15) is 0 Å². The summed E-state index contributed by atoms with van der Waals surface area (Å²) in [5.41, 5.74) is 3.99. The minimum absolute atomic E-state index is 0.275. The molecular weight excluding hydrogens is 206 g/mol. The van der Waals surface area contributed by atoms with Gasteiger partial charge in [0.2, 0.25) is 5.69 Å². The number of benzene rings is 1. The number of nitrogens with zero attached hydrogens (tertiary/aromatic N) is 1. The minimum Gasteiger partial charge on any atom is -0.201 e. The molecule has 0 spiro atoms. The molecule has 1 aromatic carbocycles. The monoisotopic (exact) mass is 232 g/mol. The van der Waals surface area contributed by atoms with Gasteiger partial charge in [-0.15, -0.1) is 0 Å². The van der Waals surface area contributed by atoms with Gasteiger partial charge in [-0.3, -0.25) is 0 Å². The molecule has 0 bridgehead atoms. The zero-order chi connectivity index (χ0) is 17.6. The van der Waals surface area contributed by atoms with Crippen LogP contribution in [0.4, 0.5) is 0 Å². The summed E-state index contributed by atoms with van der Waals surface area (Å²) >= 11 is 0. The van der Waals surface area contributed by atoms with E-state index in [1.807, 2.05) is 6.92 Å². The van der Waals surface area contributed by atoms with Crippen LogP contribution in [0.15, 0.2) is 30.5 Å². The summed E-state index contributed by atoms with van der Waals surface area (Å²) < 4.78 is 47.0. The quantitative estimate of drug-likeness (QED) is 0.663. The Morgan fingerprint density at radius 3 is 2.47 bits per heavy atom. The molecule has 0 radical (unpaired) electrons. The molecule has 1 nitrogen and oxygen atoms in total. The number of rotatable bonds is 1. The van der Waals surface area contributed by atoms with E-state index in [0.29, 0.717) is 5.56 Å². The van der Waals surface area contributed by atoms with Crippen molar-refractivity contribution in [1.29, 1.82) is 0 Å². The summed E-state index contributed by atoms with van der Waals surface area (Å²) in [5.74, 6) is 0. The molecule has 88 valence electrons. The zero-order valence-electron chi connectivity index (χ0n) is 16.3. The van der Waals surface area contributed by atoms with E-state index in [9.17, 15) is 0 Å². The van der Waals surface area contributed by atoms with Crippen molar-refractivity contribution in [2.75, 3.05) is 0 Å². The van der Waals surface area contributed by atoms with E-state index in [-0.39, 0.29) is 5.56 Å². The molecule has 2 rings (SSSR count). The van der Waals surface area contributed by atoms with Crippen molar-refractivity contribution < 1.29 is 12.8 Å². The molecule has 17 heavy (non-hydrogen) atoms. The van der Waals surface area contributed by atoms with Crippen LogP contribution < -0.4 is 4.57 Å². The predicted octanol–water partition coefficient (Wildman–Crippen LogP) is 3.41. The molecule has 0 amide bonds. The molecule has 1 heterocycles. The number of hydrogen-bond acceptors (Lipinski definition) is 0. The second-order valence-corrected chi connectivity index (χ2v) is 4.32. The number of aromatic nitrogens is 1. The van der Waals surface area contributed by atoms with Crippen molar-refractivity contribution in [3.63, 3.8) is 0 Å². The fourth-order valence-electron chi connectivity index (χ4n) is 1.99. The van der Waals surface area contributed by atoms with Gasteiger partial charge >= 0.3 is 0 Å². The first-order valence-corrected chi connectivity index (χ1v) is 5.54. The van der Waals surface area contributed by atoms with Crippen LogP contribution in [-0.2, 0) is 7.05 Å². The standard InChI is InChI=1S/C16H20N/c1-11-6-9-16(17(5)10-11)15-8-7-12(2)13(3)14(15)4/h6-10H,1-5H3/q+1/i1D3,2D3. The lowest BCUT2D eigenvalue weighted by Gasteiger charge is -2.10. The van der Waals surface area contributed by atoms with Gasteiger partial charge in [0.1, 0.15) is 7.05 Å². The Balaban J connectivity index is 2.58. The summed E-state index contributed by atoms with van der Waals surface area (Å²) in [4.78, 5) is 0. The average molecular weight is 232 g/mol. The Labute approximate surface area is 112 Å². The van der Waals surface area contributed by atoms with Crippen molar-refractivity contribution in [3.8, 4) is 11.3 Å². The molecule has 0 aliphatic heterocycles. The third-order valence-corrected chi connectivity index (χ3v) is 3.20. The molecule has 0 saturated carbocycles. The van der Waals surface area contributed by atoms with Crippen molar-refractivity contribution >= 4 is 0 Å². The van der Waals surface area contributed by atoms with Gasteiger partial charge in [0.15, 0.2) is 6.20 Å². The Hall–Kier alpha value is -1.63. The SMILES string of the molecule is [2H]C([2H])([2H])c1ccc(-c2ccc(C([2H])([2H])[2H])c(C)c2C)[n+](C)c1. The van der Waals surface area contributed by atoms with Crippen LogP contribution in [0.3, 0.4) is 0 Å². The van der Waals surface area contributed by atoms with Crippen LogP contribution in [0.1, 0.15) is 30.5 Å². The summed E-state index contributed by atoms with van der Waals surface area (Å²) in [7, 11) is 1.79. The predicted molar refractivity (Wildman–Crippen MR) is 72.0 cm³/mol. The molecular formula is C16H20N+. The molecule has 0 fully saturated rings. The molecule has 0 N–H and O–H groups in total. The van der Waals surface area contributed by atoms with Crippen LogP contribution in [0.5, 0.6) is 0 Å². The van der Waals surface area contributed by atoms with Gasteiger partial charge in [0.05, 0.1) is 0 Å². The van der Waals surface area contributed by atoms with Crippen molar-refractivity contribution in [3.05, 3.63) is 52.7 Å². The molecule has 0 atom stereocenters. The summed E-state index contributed by atoms with van der Waals surface area (Å²) in [5, 5.41) is 0. The minimum atomic E-state index is -2.15. The molecule has 1 heteroatoms. The van der Waals surface area contributed by atoms with Crippen molar-refractivity contribution in [2.45, 2.75) is 27.6 Å². The van der Waals surface area contributed by atoms with Crippen molar-refractivity contribution in [1.82, 2.24) is 0 Å². The van der Waals surface area contributed by atoms with E-state index in [1.165, 1.54) is 0 Å². The maximum absolute atomic E-state index is 7.59. The normalized spacial score (nSPS) is 17.4. The second-order valence-electron chi connectivity index (χ2n) is 4.32. The summed E-state index contributed by atoms with van der Waals surface area (Å²) in [6.07, 6.45) is 1.59. The average Bonchev–Trinajstić information content (AvgIpc) is 2.39. The van der Waals surface area contributed by atoms with Crippen molar-refractivity contribution in [2.24, 2.45) is 7.05 Å². The highest BCUT2D eigenvalue weighted by atomic mass is 14.9. The topological polar surface area (TPSA) is 3.88 Å². The number of aryl methyl sites for hydroxylation is 3. The van der Waals surface area contributed by atoms with E-state index in [4.69, 9.17) is 8.22 Å². The van der Waals surface area contributed by atoms with Gasteiger partial charge in [0, 0.05) is 25.4 Å². The first-order chi connectivity index (χ1) is 10.4. The van der Waals surface area contributed by atoms with Gasteiger partial charge in [-0.1, -0.05) is 6.07 Å². The molecule has 2 aromatic rings. The molecule has 0 unspecified atom stereocenters. The molecule has 0 aliphatic rings. The molecule has 0 saturated heterocycles. The molecule has 1 aromatic heterocycles. The van der Waals surface area contributed by atoms with Gasteiger partial charge in [0.25, 0.3) is 0 Å². The van der Waals surface area contributed by atoms with E-state index in [1.54, 1.807) is 49.0 Å². The largest absolute Gasteiger partial charge is 0.212 e. The summed E-state index contributed by atoms with van der Waals surface area (Å²) in [6.45, 7) is -0.595. The number of pyridine rings is 1. The highest BCUT2D eigenvalue weighted by Gasteiger charge is 2.13. The van der Waals surface area contributed by atoms with E-state index in [0.717, 1.165) is 22.4 Å². The third-order valence-electron chi connectivity index (χ3n) is 3.20. The zero-order valence-corrected chi connectivity index (χ0v) is 10.3. The maximum atomic E-state index is 7.59. The smallest absolute Gasteiger partial charge is 0.201 e. The highest BCUT2D eigenvalue weighted by Crippen LogP contribution is 2.25. The van der Waals surface area contributed by atoms with Gasteiger partial charge in [-0.05, 0) is 56.4 Å². The third kappa shape index (κ3) is 2.10. The lowest BCUT2D eigenvalue weighted by atomic mass is 9.96. The fraction of sp³-hybridized carbons (Fsp3) is 0.312. The van der Waals surface area contributed by atoms with Crippen LogP contribution >= 0.6 is 0 Å². The summed E-state index contributed by atoms with van der Waals surface area (Å²) in [6, 6.07) is 6.77. The van der Waals surface area contributed by atoms with Crippen LogP contribution in [0, 0.1) is 27.6 Å². The lowest BCUT2D eigenvalue weighted by molar-refractivity contribution is -0.660. The van der Waals surface area contributed by atoms with Gasteiger partial charge in [-0.25, -0.2) is 4.57 Å². The number of hydrogen-bond donors (Lipinski definition) is 0. The second kappa shape index (κ2) is 4.33. The Morgan fingerprint density at radius 2 is 1.82 bits per heavy atom.